The number of likely N-dealkylation sites (tertiary alicyclic amines) is 1. The Balaban J connectivity index is 2.21. The van der Waals surface area contributed by atoms with Gasteiger partial charge in [0.1, 0.15) is 0 Å². The van der Waals surface area contributed by atoms with Gasteiger partial charge in [-0.25, -0.2) is 0 Å². The first-order chi connectivity index (χ1) is 7.61. The van der Waals surface area contributed by atoms with Gasteiger partial charge in [-0.15, -0.1) is 0 Å². The Morgan fingerprint density at radius 2 is 1.94 bits per heavy atom. The third kappa shape index (κ3) is 1.47. The van der Waals surface area contributed by atoms with E-state index in [4.69, 9.17) is 0 Å². The van der Waals surface area contributed by atoms with Gasteiger partial charge in [0.25, 0.3) is 0 Å². The molecule has 0 aromatic carbocycles. The number of amides is 2. The Hall–Kier alpha value is -0.900. The molecule has 0 aromatic heterocycles. The lowest BCUT2D eigenvalue weighted by Gasteiger charge is -2.25. The fourth-order valence-electron chi connectivity index (χ4n) is 3.17. The molecule has 3 unspecified atom stereocenters. The van der Waals surface area contributed by atoms with Gasteiger partial charge in [-0.1, -0.05) is 26.7 Å². The molecular formula is C12H20N2O2. The van der Waals surface area contributed by atoms with E-state index in [1.165, 1.54) is 4.90 Å². The molecule has 16 heavy (non-hydrogen) atoms. The van der Waals surface area contributed by atoms with Gasteiger partial charge in [0, 0.05) is 19.6 Å². The SMILES string of the molecule is CCC(CC)C1NCC2C(=O)N(C)C(=O)C21. The Morgan fingerprint density at radius 3 is 2.50 bits per heavy atom. The average Bonchev–Trinajstić information content (AvgIpc) is 2.79. The number of nitrogens with one attached hydrogen (secondary N) is 1. The molecule has 2 aliphatic heterocycles. The number of rotatable bonds is 3. The molecule has 0 bridgehead atoms. The van der Waals surface area contributed by atoms with Crippen LogP contribution in [0.2, 0.25) is 0 Å². The van der Waals surface area contributed by atoms with Crippen molar-refractivity contribution in [2.45, 2.75) is 32.7 Å². The van der Waals surface area contributed by atoms with Crippen molar-refractivity contribution >= 4 is 11.8 Å². The second-order valence-electron chi connectivity index (χ2n) is 4.88. The first-order valence-electron chi connectivity index (χ1n) is 6.16. The van der Waals surface area contributed by atoms with E-state index < -0.39 is 0 Å². The van der Waals surface area contributed by atoms with Crippen LogP contribution in [0.1, 0.15) is 26.7 Å². The van der Waals surface area contributed by atoms with Gasteiger partial charge >= 0.3 is 0 Å². The van der Waals surface area contributed by atoms with Crippen LogP contribution in [0.5, 0.6) is 0 Å². The lowest BCUT2D eigenvalue weighted by Crippen LogP contribution is -2.40. The summed E-state index contributed by atoms with van der Waals surface area (Å²) in [7, 11) is 1.60. The smallest absolute Gasteiger partial charge is 0.234 e. The summed E-state index contributed by atoms with van der Waals surface area (Å²) >= 11 is 0. The highest BCUT2D eigenvalue weighted by Gasteiger charge is 2.54. The molecule has 4 heteroatoms. The van der Waals surface area contributed by atoms with Crippen LogP contribution in [-0.2, 0) is 9.59 Å². The predicted octanol–water partition coefficient (Wildman–Crippen LogP) is 0.625. The molecule has 2 rings (SSSR count). The third-order valence-electron chi connectivity index (χ3n) is 4.21. The number of carbonyl (C=O) groups excluding carboxylic acids is 2. The van der Waals surface area contributed by atoms with Gasteiger partial charge in [0.15, 0.2) is 0 Å². The standard InChI is InChI=1S/C12H20N2O2/c1-4-7(5-2)10-9-8(6-13-10)11(15)14(3)12(9)16/h7-10,13H,4-6H2,1-3H3. The number of carbonyl (C=O) groups is 2. The fourth-order valence-corrected chi connectivity index (χ4v) is 3.17. The quantitative estimate of drug-likeness (QED) is 0.715. The molecule has 0 aliphatic carbocycles. The highest BCUT2D eigenvalue weighted by molar-refractivity contribution is 6.05. The molecule has 0 aromatic rings. The zero-order valence-corrected chi connectivity index (χ0v) is 10.2. The molecule has 4 nitrogen and oxygen atoms in total. The molecule has 0 saturated carbocycles. The molecule has 2 heterocycles. The molecule has 2 aliphatic rings. The van der Waals surface area contributed by atoms with E-state index in [1.54, 1.807) is 7.05 Å². The van der Waals surface area contributed by atoms with Crippen LogP contribution in [0.3, 0.4) is 0 Å². The molecule has 1 N–H and O–H groups in total. The van der Waals surface area contributed by atoms with Gasteiger partial charge in [-0.05, 0) is 5.92 Å². The first-order valence-corrected chi connectivity index (χ1v) is 6.16. The first kappa shape index (κ1) is 11.6. The normalized spacial score (nSPS) is 34.0. The van der Waals surface area contributed by atoms with Crippen LogP contribution >= 0.6 is 0 Å². The van der Waals surface area contributed by atoms with Gasteiger partial charge in [0.2, 0.25) is 11.8 Å². The van der Waals surface area contributed by atoms with E-state index in [-0.39, 0.29) is 29.7 Å². The van der Waals surface area contributed by atoms with Crippen molar-refractivity contribution in [2.75, 3.05) is 13.6 Å². The van der Waals surface area contributed by atoms with E-state index in [0.717, 1.165) is 12.8 Å². The largest absolute Gasteiger partial charge is 0.312 e. The van der Waals surface area contributed by atoms with E-state index in [0.29, 0.717) is 12.5 Å². The number of fused-ring (bicyclic) bond motifs is 1. The summed E-state index contributed by atoms with van der Waals surface area (Å²) in [5.41, 5.74) is 0. The average molecular weight is 224 g/mol. The lowest BCUT2D eigenvalue weighted by atomic mass is 9.83. The summed E-state index contributed by atoms with van der Waals surface area (Å²) in [6.45, 7) is 4.96. The van der Waals surface area contributed by atoms with Gasteiger partial charge in [-0.2, -0.15) is 0 Å². The second-order valence-corrected chi connectivity index (χ2v) is 4.88. The Bertz CT molecular complexity index is 312. The maximum atomic E-state index is 12.0. The van der Waals surface area contributed by atoms with Gasteiger partial charge in [-0.3, -0.25) is 14.5 Å². The summed E-state index contributed by atoms with van der Waals surface area (Å²) in [6, 6.07) is 0.196. The molecule has 0 radical (unpaired) electrons. The summed E-state index contributed by atoms with van der Waals surface area (Å²) in [5, 5.41) is 3.37. The molecule has 3 atom stereocenters. The van der Waals surface area contributed by atoms with Crippen LogP contribution in [0.15, 0.2) is 0 Å². The molecular weight excluding hydrogens is 204 g/mol. The monoisotopic (exact) mass is 224 g/mol. The van der Waals surface area contributed by atoms with Crippen molar-refractivity contribution in [1.29, 1.82) is 0 Å². The summed E-state index contributed by atoms with van der Waals surface area (Å²) in [6.07, 6.45) is 2.12. The minimum Gasteiger partial charge on any atom is -0.312 e. The molecule has 90 valence electrons. The van der Waals surface area contributed by atoms with Crippen LogP contribution < -0.4 is 5.32 Å². The number of hydrogen-bond donors (Lipinski definition) is 1. The summed E-state index contributed by atoms with van der Waals surface area (Å²) < 4.78 is 0. The van der Waals surface area contributed by atoms with Crippen molar-refractivity contribution in [3.05, 3.63) is 0 Å². The second kappa shape index (κ2) is 4.17. The van der Waals surface area contributed by atoms with Crippen LogP contribution in [0.4, 0.5) is 0 Å². The van der Waals surface area contributed by atoms with Crippen molar-refractivity contribution in [3.63, 3.8) is 0 Å². The van der Waals surface area contributed by atoms with Crippen LogP contribution in [0.25, 0.3) is 0 Å². The highest BCUT2D eigenvalue weighted by atomic mass is 16.2. The van der Waals surface area contributed by atoms with Crippen molar-refractivity contribution in [1.82, 2.24) is 10.2 Å². The van der Waals surface area contributed by atoms with E-state index in [1.807, 2.05) is 0 Å². The fraction of sp³-hybridized carbons (Fsp3) is 0.833. The zero-order chi connectivity index (χ0) is 11.9. The minimum atomic E-state index is -0.109. The van der Waals surface area contributed by atoms with Gasteiger partial charge < -0.3 is 5.32 Å². The summed E-state index contributed by atoms with van der Waals surface area (Å²) in [5.74, 6) is 0.289. The Labute approximate surface area is 96.4 Å². The summed E-state index contributed by atoms with van der Waals surface area (Å²) in [4.78, 5) is 25.1. The number of nitrogens with zero attached hydrogens (tertiary/aromatic N) is 1. The van der Waals surface area contributed by atoms with Crippen molar-refractivity contribution < 1.29 is 9.59 Å². The van der Waals surface area contributed by atoms with Crippen molar-refractivity contribution in [3.8, 4) is 0 Å². The molecule has 2 amide bonds. The lowest BCUT2D eigenvalue weighted by molar-refractivity contribution is -0.138. The van der Waals surface area contributed by atoms with E-state index >= 15 is 0 Å². The molecule has 0 spiro atoms. The maximum absolute atomic E-state index is 12.0. The highest BCUT2D eigenvalue weighted by Crippen LogP contribution is 2.36. The van der Waals surface area contributed by atoms with Crippen LogP contribution in [-0.4, -0.2) is 36.3 Å². The third-order valence-corrected chi connectivity index (χ3v) is 4.21. The Kier molecular flexibility index (Phi) is 3.02. The zero-order valence-electron chi connectivity index (χ0n) is 10.2. The Morgan fingerprint density at radius 1 is 1.31 bits per heavy atom. The number of imide groups is 1. The van der Waals surface area contributed by atoms with E-state index in [9.17, 15) is 9.59 Å². The number of hydrogen-bond acceptors (Lipinski definition) is 3. The molecule has 2 saturated heterocycles. The van der Waals surface area contributed by atoms with Gasteiger partial charge in [0.05, 0.1) is 11.8 Å². The van der Waals surface area contributed by atoms with E-state index in [2.05, 4.69) is 19.2 Å². The maximum Gasteiger partial charge on any atom is 0.234 e. The minimum absolute atomic E-state index is 0.00374. The topological polar surface area (TPSA) is 49.4 Å². The molecule has 2 fully saturated rings. The predicted molar refractivity (Wildman–Crippen MR) is 60.6 cm³/mol. The van der Waals surface area contributed by atoms with Crippen molar-refractivity contribution in [2.24, 2.45) is 17.8 Å². The van der Waals surface area contributed by atoms with Crippen LogP contribution in [0, 0.1) is 17.8 Å².